The molecule has 33 heavy (non-hydrogen) atoms. The molecule has 7 nitrogen and oxygen atoms in total. The molecule has 0 unspecified atom stereocenters. The summed E-state index contributed by atoms with van der Waals surface area (Å²) < 4.78 is 16.0. The molecule has 3 aromatic rings. The van der Waals surface area contributed by atoms with Gasteiger partial charge in [0.15, 0.2) is 11.5 Å². The fourth-order valence-electron chi connectivity index (χ4n) is 3.73. The molecule has 1 N–H and O–H groups in total. The van der Waals surface area contributed by atoms with Crippen LogP contribution in [0.25, 0.3) is 0 Å². The summed E-state index contributed by atoms with van der Waals surface area (Å²) in [4.78, 5) is 26.7. The van der Waals surface area contributed by atoms with Crippen molar-refractivity contribution in [2.45, 2.75) is 18.3 Å². The van der Waals surface area contributed by atoms with Crippen molar-refractivity contribution in [2.24, 2.45) is 0 Å². The second kappa shape index (κ2) is 10.5. The van der Waals surface area contributed by atoms with Crippen molar-refractivity contribution < 1.29 is 23.5 Å². The van der Waals surface area contributed by atoms with Gasteiger partial charge in [0.2, 0.25) is 5.91 Å². The van der Waals surface area contributed by atoms with Crippen molar-refractivity contribution in [1.29, 1.82) is 0 Å². The molecule has 0 aliphatic carbocycles. The van der Waals surface area contributed by atoms with Crippen molar-refractivity contribution in [3.63, 3.8) is 0 Å². The molecule has 0 radical (unpaired) electrons. The van der Waals surface area contributed by atoms with Gasteiger partial charge in [0, 0.05) is 12.1 Å². The topological polar surface area (TPSA) is 81.0 Å². The number of hydrogen-bond donors (Lipinski definition) is 1. The van der Waals surface area contributed by atoms with Crippen LogP contribution in [0, 0.1) is 0 Å². The Hall–Kier alpha value is -3.39. The van der Waals surface area contributed by atoms with E-state index in [0.717, 1.165) is 16.9 Å². The van der Waals surface area contributed by atoms with Gasteiger partial charge in [0.25, 0.3) is 5.91 Å². The lowest BCUT2D eigenvalue weighted by atomic mass is 10.1. The van der Waals surface area contributed by atoms with E-state index >= 15 is 0 Å². The molecule has 1 aliphatic rings. The lowest BCUT2D eigenvalue weighted by molar-refractivity contribution is -0.128. The van der Waals surface area contributed by atoms with Gasteiger partial charge < -0.3 is 24.1 Å². The number of carbonyl (C=O) groups excluding carboxylic acids is 2. The van der Waals surface area contributed by atoms with Crippen LogP contribution in [0.15, 0.2) is 65.3 Å². The van der Waals surface area contributed by atoms with Crippen molar-refractivity contribution in [3.05, 3.63) is 83.3 Å². The minimum atomic E-state index is -0.135. The van der Waals surface area contributed by atoms with Crippen LogP contribution in [0.3, 0.4) is 0 Å². The Kier molecular flexibility index (Phi) is 7.24. The molecular formula is C25H26N2O5S. The second-order valence-corrected chi connectivity index (χ2v) is 8.65. The number of nitrogens with one attached hydrogen (secondary N) is 1. The Morgan fingerprint density at radius 1 is 1.12 bits per heavy atom. The third-order valence-electron chi connectivity index (χ3n) is 5.48. The molecule has 2 aromatic carbocycles. The normalized spacial score (nSPS) is 15.5. The summed E-state index contributed by atoms with van der Waals surface area (Å²) in [6, 6.07) is 16.8. The molecule has 0 spiro atoms. The predicted octanol–water partition coefficient (Wildman–Crippen LogP) is 4.04. The van der Waals surface area contributed by atoms with E-state index in [-0.39, 0.29) is 17.2 Å². The number of nitrogens with zero attached hydrogens (tertiary/aromatic N) is 1. The molecule has 1 fully saturated rings. The number of methoxy groups -OCH3 is 2. The molecule has 1 aliphatic heterocycles. The van der Waals surface area contributed by atoms with E-state index in [0.29, 0.717) is 42.3 Å². The first-order valence-electron chi connectivity index (χ1n) is 10.6. The van der Waals surface area contributed by atoms with Crippen molar-refractivity contribution in [2.75, 3.05) is 26.5 Å². The number of thioether (sulfide) groups is 1. The van der Waals surface area contributed by atoms with E-state index in [1.54, 1.807) is 44.4 Å². The van der Waals surface area contributed by atoms with E-state index in [9.17, 15) is 9.59 Å². The quantitative estimate of drug-likeness (QED) is 0.513. The maximum atomic E-state index is 12.6. The predicted molar refractivity (Wildman–Crippen MR) is 126 cm³/mol. The number of ether oxygens (including phenoxy) is 2. The summed E-state index contributed by atoms with van der Waals surface area (Å²) in [6.45, 7) is 0.932. The summed E-state index contributed by atoms with van der Waals surface area (Å²) in [6.07, 6.45) is 2.28. The van der Waals surface area contributed by atoms with Crippen molar-refractivity contribution >= 4 is 23.6 Å². The fraction of sp³-hybridized carbons (Fsp3) is 0.280. The van der Waals surface area contributed by atoms with E-state index in [4.69, 9.17) is 13.9 Å². The Balaban J connectivity index is 1.34. The summed E-state index contributed by atoms with van der Waals surface area (Å²) in [5.41, 5.74) is 2.61. The first-order chi connectivity index (χ1) is 16.1. The zero-order valence-electron chi connectivity index (χ0n) is 18.6. The zero-order valence-corrected chi connectivity index (χ0v) is 19.4. The number of rotatable bonds is 9. The van der Waals surface area contributed by atoms with E-state index in [2.05, 4.69) is 5.32 Å². The Bertz CT molecular complexity index is 1100. The van der Waals surface area contributed by atoms with Gasteiger partial charge in [-0.05, 0) is 53.9 Å². The summed E-state index contributed by atoms with van der Waals surface area (Å²) in [5, 5.41) is 2.86. The molecule has 0 saturated carbocycles. The maximum absolute atomic E-state index is 12.6. The molecule has 1 saturated heterocycles. The third kappa shape index (κ3) is 5.34. The van der Waals surface area contributed by atoms with Crippen molar-refractivity contribution in [1.82, 2.24) is 10.2 Å². The zero-order chi connectivity index (χ0) is 23.2. The van der Waals surface area contributed by atoms with Gasteiger partial charge in [-0.25, -0.2) is 0 Å². The number of furan rings is 1. The van der Waals surface area contributed by atoms with Crippen LogP contribution in [0.1, 0.15) is 32.6 Å². The second-order valence-electron chi connectivity index (χ2n) is 7.58. The van der Waals surface area contributed by atoms with Gasteiger partial charge in [0.1, 0.15) is 11.1 Å². The lowest BCUT2D eigenvalue weighted by Gasteiger charge is -2.23. The average Bonchev–Trinajstić information content (AvgIpc) is 3.49. The summed E-state index contributed by atoms with van der Waals surface area (Å²) in [5.74, 6) is 2.48. The Morgan fingerprint density at radius 3 is 2.61 bits per heavy atom. The first-order valence-corrected chi connectivity index (χ1v) is 11.7. The van der Waals surface area contributed by atoms with Crippen LogP contribution in [-0.4, -0.2) is 43.2 Å². The molecule has 0 bridgehead atoms. The maximum Gasteiger partial charge on any atom is 0.251 e. The minimum Gasteiger partial charge on any atom is -0.493 e. The summed E-state index contributed by atoms with van der Waals surface area (Å²) in [7, 11) is 3.20. The highest BCUT2D eigenvalue weighted by molar-refractivity contribution is 8.00. The third-order valence-corrected chi connectivity index (χ3v) is 6.74. The highest BCUT2D eigenvalue weighted by atomic mass is 32.2. The SMILES string of the molecule is COc1ccc(CCNC(=O)c2ccc([C@H]3SCC(=O)N3Cc3ccco3)cc2)cc1OC. The Labute approximate surface area is 197 Å². The van der Waals surface area contributed by atoms with Gasteiger partial charge in [0.05, 0.1) is 32.8 Å². The molecule has 1 aromatic heterocycles. The van der Waals surface area contributed by atoms with Crippen molar-refractivity contribution in [3.8, 4) is 11.5 Å². The fourth-order valence-corrected chi connectivity index (χ4v) is 4.92. The lowest BCUT2D eigenvalue weighted by Crippen LogP contribution is -2.28. The highest BCUT2D eigenvalue weighted by Crippen LogP contribution is 2.39. The molecule has 172 valence electrons. The van der Waals surface area contributed by atoms with Gasteiger partial charge in [-0.3, -0.25) is 9.59 Å². The van der Waals surface area contributed by atoms with E-state index in [1.165, 1.54) is 0 Å². The molecule has 4 rings (SSSR count). The van der Waals surface area contributed by atoms with Crippen LogP contribution in [0.5, 0.6) is 11.5 Å². The number of hydrogen-bond acceptors (Lipinski definition) is 6. The van der Waals surface area contributed by atoms with Crippen LogP contribution >= 0.6 is 11.8 Å². The van der Waals surface area contributed by atoms with Gasteiger partial charge in [-0.15, -0.1) is 11.8 Å². The van der Waals surface area contributed by atoms with Crippen LogP contribution in [-0.2, 0) is 17.8 Å². The van der Waals surface area contributed by atoms with Gasteiger partial charge in [-0.2, -0.15) is 0 Å². The molecular weight excluding hydrogens is 440 g/mol. The van der Waals surface area contributed by atoms with E-state index < -0.39 is 0 Å². The average molecular weight is 467 g/mol. The number of benzene rings is 2. The van der Waals surface area contributed by atoms with Gasteiger partial charge in [-0.1, -0.05) is 18.2 Å². The first kappa shape index (κ1) is 22.8. The molecule has 8 heteroatoms. The summed E-state index contributed by atoms with van der Waals surface area (Å²) >= 11 is 1.58. The Morgan fingerprint density at radius 2 is 1.91 bits per heavy atom. The largest absolute Gasteiger partial charge is 0.493 e. The smallest absolute Gasteiger partial charge is 0.251 e. The van der Waals surface area contributed by atoms with Crippen LogP contribution in [0.4, 0.5) is 0 Å². The molecule has 2 amide bonds. The van der Waals surface area contributed by atoms with Gasteiger partial charge >= 0.3 is 0 Å². The standard InChI is InChI=1S/C25H26N2O5S/c1-30-21-10-5-17(14-22(21)31-2)11-12-26-24(29)18-6-8-19(9-7-18)25-27(23(28)16-33-25)15-20-4-3-13-32-20/h3-10,13-14,25H,11-12,15-16H2,1-2H3,(H,26,29)/t25-/m1/s1. The molecule has 2 heterocycles. The molecule has 1 atom stereocenters. The van der Waals surface area contributed by atoms with E-state index in [1.807, 2.05) is 47.4 Å². The highest BCUT2D eigenvalue weighted by Gasteiger charge is 2.33. The monoisotopic (exact) mass is 466 g/mol. The van der Waals surface area contributed by atoms with Crippen LogP contribution in [0.2, 0.25) is 0 Å². The number of carbonyl (C=O) groups is 2. The minimum absolute atomic E-state index is 0.0818. The van der Waals surface area contributed by atoms with Crippen LogP contribution < -0.4 is 14.8 Å². The number of amides is 2.